The fourth-order valence-corrected chi connectivity index (χ4v) is 5.04. The minimum atomic E-state index is -4.51. The van der Waals surface area contributed by atoms with Crippen LogP contribution in [0.15, 0.2) is 71.6 Å². The van der Waals surface area contributed by atoms with Crippen LogP contribution < -0.4 is 19.5 Å². The summed E-state index contributed by atoms with van der Waals surface area (Å²) in [5.41, 5.74) is 0.737. The summed E-state index contributed by atoms with van der Waals surface area (Å²) in [6, 6.07) is 16.5. The summed E-state index contributed by atoms with van der Waals surface area (Å²) in [5.74, 6) is 0.845. The molecule has 2 aliphatic rings. The number of hydrogen-bond donors (Lipinski definition) is 1. The first-order chi connectivity index (χ1) is 18.7. The molecule has 5 rings (SSSR count). The van der Waals surface area contributed by atoms with Crippen LogP contribution in [0.4, 0.5) is 18.9 Å². The molecule has 39 heavy (non-hydrogen) atoms. The Morgan fingerprint density at radius 2 is 1.85 bits per heavy atom. The van der Waals surface area contributed by atoms with Crippen molar-refractivity contribution in [3.8, 4) is 17.2 Å². The number of hydrogen-bond acceptors (Lipinski definition) is 7. The van der Waals surface area contributed by atoms with Crippen LogP contribution in [-0.2, 0) is 22.3 Å². The Hall–Kier alpha value is -4.03. The lowest BCUT2D eigenvalue weighted by Crippen LogP contribution is -2.27. The molecule has 3 aromatic carbocycles. The SMILES string of the molecule is O=C(COc1ccc(/C=C2\SC(=S)N(Cc3ccc4c(c3)OCO4)C2=O)cc1)Nc1cccc(C(F)(F)F)c1. The van der Waals surface area contributed by atoms with Gasteiger partial charge in [-0.1, -0.05) is 48.2 Å². The molecule has 1 fully saturated rings. The third kappa shape index (κ3) is 6.35. The molecule has 0 aliphatic carbocycles. The highest BCUT2D eigenvalue weighted by molar-refractivity contribution is 8.26. The van der Waals surface area contributed by atoms with E-state index in [1.165, 1.54) is 28.8 Å². The van der Waals surface area contributed by atoms with Gasteiger partial charge in [-0.05, 0) is 59.7 Å². The Labute approximate surface area is 230 Å². The first kappa shape index (κ1) is 26.6. The summed E-state index contributed by atoms with van der Waals surface area (Å²) in [4.78, 5) is 27.1. The number of carbonyl (C=O) groups excluding carboxylic acids is 2. The van der Waals surface area contributed by atoms with E-state index in [0.717, 1.165) is 23.3 Å². The third-order valence-electron chi connectivity index (χ3n) is 5.67. The van der Waals surface area contributed by atoms with Crippen molar-refractivity contribution in [1.82, 2.24) is 4.90 Å². The molecule has 2 amide bonds. The standard InChI is InChI=1S/C27H19F3N2O5S2/c28-27(29,30)18-2-1-3-19(12-18)31-24(33)14-35-20-7-4-16(5-8-20)11-23-25(34)32(26(38)39-23)13-17-6-9-21-22(10-17)37-15-36-21/h1-12H,13-15H2,(H,31,33)/b23-11-. The lowest BCUT2D eigenvalue weighted by molar-refractivity contribution is -0.137. The summed E-state index contributed by atoms with van der Waals surface area (Å²) in [6.45, 7) is 0.0709. The Bertz CT molecular complexity index is 1470. The monoisotopic (exact) mass is 572 g/mol. The second kappa shape index (κ2) is 11.0. The maximum absolute atomic E-state index is 13.0. The van der Waals surface area contributed by atoms with Crippen LogP contribution in [0.25, 0.3) is 6.08 Å². The number of nitrogens with one attached hydrogen (secondary N) is 1. The number of ether oxygens (including phenoxy) is 3. The zero-order valence-corrected chi connectivity index (χ0v) is 21.6. The molecule has 2 heterocycles. The number of benzene rings is 3. The molecule has 200 valence electrons. The number of amides is 2. The zero-order chi connectivity index (χ0) is 27.6. The average Bonchev–Trinajstić information content (AvgIpc) is 3.47. The molecule has 7 nitrogen and oxygen atoms in total. The van der Waals surface area contributed by atoms with Crippen LogP contribution in [0.3, 0.4) is 0 Å². The number of fused-ring (bicyclic) bond motifs is 1. The molecule has 0 saturated carbocycles. The number of anilines is 1. The van der Waals surface area contributed by atoms with Crippen LogP contribution in [0.2, 0.25) is 0 Å². The fraction of sp³-hybridized carbons (Fsp3) is 0.148. The first-order valence-corrected chi connectivity index (χ1v) is 12.7. The van der Waals surface area contributed by atoms with Gasteiger partial charge in [0.05, 0.1) is 17.0 Å². The van der Waals surface area contributed by atoms with Crippen molar-refractivity contribution in [2.24, 2.45) is 0 Å². The van der Waals surface area contributed by atoms with E-state index < -0.39 is 24.3 Å². The minimum Gasteiger partial charge on any atom is -0.484 e. The molecule has 0 spiro atoms. The number of carbonyl (C=O) groups is 2. The molecule has 1 saturated heterocycles. The number of thiocarbonyl (C=S) groups is 1. The Morgan fingerprint density at radius 1 is 1.08 bits per heavy atom. The maximum Gasteiger partial charge on any atom is 0.416 e. The number of halogens is 3. The Balaban J connectivity index is 1.16. The van der Waals surface area contributed by atoms with E-state index in [4.69, 9.17) is 26.4 Å². The molecule has 3 aromatic rings. The van der Waals surface area contributed by atoms with Gasteiger partial charge in [0.25, 0.3) is 11.8 Å². The average molecular weight is 573 g/mol. The van der Waals surface area contributed by atoms with E-state index in [1.807, 2.05) is 12.1 Å². The summed E-state index contributed by atoms with van der Waals surface area (Å²) >= 11 is 6.62. The predicted octanol–water partition coefficient (Wildman–Crippen LogP) is 5.85. The van der Waals surface area contributed by atoms with Crippen LogP contribution in [-0.4, -0.2) is 34.4 Å². The highest BCUT2D eigenvalue weighted by Crippen LogP contribution is 2.36. The van der Waals surface area contributed by atoms with E-state index in [1.54, 1.807) is 36.4 Å². The van der Waals surface area contributed by atoms with E-state index in [9.17, 15) is 22.8 Å². The highest BCUT2D eigenvalue weighted by atomic mass is 32.2. The topological polar surface area (TPSA) is 77.1 Å². The van der Waals surface area contributed by atoms with Gasteiger partial charge in [-0.15, -0.1) is 0 Å². The normalized spacial score (nSPS) is 15.7. The number of nitrogens with zero attached hydrogens (tertiary/aromatic N) is 1. The Kier molecular flexibility index (Phi) is 7.49. The molecule has 2 aliphatic heterocycles. The number of thioether (sulfide) groups is 1. The molecule has 0 unspecified atom stereocenters. The van der Waals surface area contributed by atoms with Gasteiger partial charge in [-0.25, -0.2) is 0 Å². The summed E-state index contributed by atoms with van der Waals surface area (Å²) in [5, 5.41) is 2.38. The second-order valence-electron chi connectivity index (χ2n) is 8.44. The number of alkyl halides is 3. The molecular formula is C27H19F3N2O5S2. The van der Waals surface area contributed by atoms with Crippen LogP contribution in [0.1, 0.15) is 16.7 Å². The quantitative estimate of drug-likeness (QED) is 0.281. The van der Waals surface area contributed by atoms with Crippen LogP contribution >= 0.6 is 24.0 Å². The van der Waals surface area contributed by atoms with Gasteiger partial charge in [0.2, 0.25) is 6.79 Å². The van der Waals surface area contributed by atoms with Gasteiger partial charge >= 0.3 is 6.18 Å². The second-order valence-corrected chi connectivity index (χ2v) is 10.1. The van der Waals surface area contributed by atoms with Crippen molar-refractivity contribution >= 4 is 51.9 Å². The van der Waals surface area contributed by atoms with Crippen molar-refractivity contribution in [2.75, 3.05) is 18.7 Å². The van der Waals surface area contributed by atoms with Crippen LogP contribution in [0, 0.1) is 0 Å². The van der Waals surface area contributed by atoms with Crippen LogP contribution in [0.5, 0.6) is 17.2 Å². The fourth-order valence-electron chi connectivity index (χ4n) is 3.79. The van der Waals surface area contributed by atoms with Gasteiger partial charge < -0.3 is 19.5 Å². The van der Waals surface area contributed by atoms with Crippen molar-refractivity contribution in [2.45, 2.75) is 12.7 Å². The smallest absolute Gasteiger partial charge is 0.416 e. The van der Waals surface area contributed by atoms with Gasteiger partial charge in [-0.3, -0.25) is 14.5 Å². The predicted molar refractivity (Wildman–Crippen MR) is 143 cm³/mol. The van der Waals surface area contributed by atoms with Gasteiger partial charge in [0.1, 0.15) is 10.1 Å². The third-order valence-corrected chi connectivity index (χ3v) is 7.05. The van der Waals surface area contributed by atoms with Crippen molar-refractivity contribution < 1.29 is 37.0 Å². The van der Waals surface area contributed by atoms with Crippen molar-refractivity contribution in [3.05, 3.63) is 88.3 Å². The molecule has 1 N–H and O–H groups in total. The summed E-state index contributed by atoms with van der Waals surface area (Å²) < 4.78 is 55.1. The van der Waals surface area contributed by atoms with Gasteiger partial charge in [-0.2, -0.15) is 13.2 Å². The van der Waals surface area contributed by atoms with Crippen molar-refractivity contribution in [3.63, 3.8) is 0 Å². The largest absolute Gasteiger partial charge is 0.484 e. The molecule has 12 heteroatoms. The molecule has 0 radical (unpaired) electrons. The van der Waals surface area contributed by atoms with Gasteiger partial charge in [0, 0.05) is 5.69 Å². The summed E-state index contributed by atoms with van der Waals surface area (Å²) in [6.07, 6.45) is -2.80. The Morgan fingerprint density at radius 3 is 2.62 bits per heavy atom. The lowest BCUT2D eigenvalue weighted by atomic mass is 10.2. The number of rotatable bonds is 7. The first-order valence-electron chi connectivity index (χ1n) is 11.5. The van der Waals surface area contributed by atoms with Gasteiger partial charge in [0.15, 0.2) is 18.1 Å². The molecular weight excluding hydrogens is 553 g/mol. The highest BCUT2D eigenvalue weighted by Gasteiger charge is 2.32. The maximum atomic E-state index is 13.0. The molecule has 0 bridgehead atoms. The van der Waals surface area contributed by atoms with Crippen molar-refractivity contribution in [1.29, 1.82) is 0 Å². The summed E-state index contributed by atoms with van der Waals surface area (Å²) in [7, 11) is 0. The minimum absolute atomic E-state index is 0.0182. The van der Waals surface area contributed by atoms with E-state index in [2.05, 4.69) is 5.32 Å². The van der Waals surface area contributed by atoms with E-state index in [0.29, 0.717) is 33.0 Å². The van der Waals surface area contributed by atoms with E-state index in [-0.39, 0.29) is 18.4 Å². The molecule has 0 aromatic heterocycles. The zero-order valence-electron chi connectivity index (χ0n) is 20.0. The van der Waals surface area contributed by atoms with E-state index >= 15 is 0 Å². The molecule has 0 atom stereocenters. The lowest BCUT2D eigenvalue weighted by Gasteiger charge is -2.14.